The Labute approximate surface area is 793 Å². The molecule has 6 heterocycles. The molecular weight excluding hydrogens is 2140 g/mol. The summed E-state index contributed by atoms with van der Waals surface area (Å²) in [6.07, 6.45) is 6.10. The van der Waals surface area contributed by atoms with Gasteiger partial charge in [0.15, 0.2) is 0 Å². The van der Waals surface area contributed by atoms with Crippen molar-refractivity contribution in [1.29, 1.82) is 0 Å². The molecule has 3 aliphatic heterocycles. The first-order valence-corrected chi connectivity index (χ1v) is 41.0. The second-order valence-electron chi connectivity index (χ2n) is 29.4. The van der Waals surface area contributed by atoms with Gasteiger partial charge in [0.05, 0.1) is 17.4 Å². The van der Waals surface area contributed by atoms with E-state index in [4.69, 9.17) is 39.7 Å². The Hall–Kier alpha value is -14.8. The summed E-state index contributed by atoms with van der Waals surface area (Å²) in [5, 5.41) is 34.5. The average Bonchev–Trinajstić information content (AvgIpc) is 1.65. The van der Waals surface area contributed by atoms with Gasteiger partial charge in [-0.25, -0.2) is 0 Å². The molecule has 3 aliphatic rings. The van der Waals surface area contributed by atoms with E-state index in [0.717, 1.165) is 136 Å². The summed E-state index contributed by atoms with van der Waals surface area (Å²) in [6.45, 7) is 11.9. The standard InChI is InChI=1S/C41H28N5O.C36H26N5O.C31H24N5O.3Pt/c1-5-15-31(16-6-1)39-29-45(42-40(39)32-17-7-2-8-18-32)35-23-13-25-37(27-35)47-38-26-14-24-36(28-38)46-30-44(34-21-11-4-12-22-34)41(43-46)33-19-9-3-10-20-33;1-27-37-41(26-39(27)30-17-9-4-10-18-30)32-20-12-22-34(24-32)42-33-21-11-19-31(23-33)40-25-35(28-13-5-2-6-14-28)36(38-40)29-15-7-3-8-16-29;1-23-21-35(33-31(23)25-11-5-3-6-12-25)27-15-9-17-29(19-27)37-30-18-10-16-28(20-30)36-22-34(24(2)32-36)26-13-7-4-8-14-26;;;/h1-26,29-30H;2-22,25-26H,1H3;3-18,21-22H,1-2H3;;;/q3*-3;;;. The molecule has 0 N–H and O–H groups in total. The van der Waals surface area contributed by atoms with Crippen molar-refractivity contribution in [3.8, 4) is 108 Å². The molecule has 18 nitrogen and oxygen atoms in total. The second-order valence-corrected chi connectivity index (χ2v) is 29.4. The molecule has 0 saturated carbocycles. The van der Waals surface area contributed by atoms with Crippen LogP contribution in [0.25, 0.3) is 73.1 Å². The van der Waals surface area contributed by atoms with Crippen molar-refractivity contribution >= 4 is 51.6 Å². The predicted molar refractivity (Wildman–Crippen MR) is 501 cm³/mol. The van der Waals surface area contributed by atoms with Crippen LogP contribution in [0.4, 0.5) is 34.1 Å². The molecule has 129 heavy (non-hydrogen) atoms. The number of aryl methyl sites for hydroxylation is 1. The van der Waals surface area contributed by atoms with E-state index in [1.165, 1.54) is 0 Å². The van der Waals surface area contributed by atoms with E-state index in [1.54, 1.807) is 10.0 Å². The molecule has 0 aliphatic carbocycles. The van der Waals surface area contributed by atoms with Crippen molar-refractivity contribution < 1.29 is 77.4 Å². The molecule has 21 rings (SSSR count). The summed E-state index contributed by atoms with van der Waals surface area (Å²) in [5.74, 6) is 5.95. The van der Waals surface area contributed by atoms with Crippen molar-refractivity contribution in [3.05, 3.63) is 468 Å². The second kappa shape index (κ2) is 41.1. The van der Waals surface area contributed by atoms with Crippen molar-refractivity contribution in [2.75, 3.05) is 29.7 Å². The number of rotatable bonds is 21. The van der Waals surface area contributed by atoms with Gasteiger partial charge in [0, 0.05) is 167 Å². The van der Waals surface area contributed by atoms with Crippen LogP contribution in [-0.2, 0) is 63.2 Å². The summed E-state index contributed by atoms with van der Waals surface area (Å²) in [5.41, 5.74) is 20.1. The first-order chi connectivity index (χ1) is 62.1. The number of ether oxygens (including phenoxy) is 3. The predicted octanol–water partition coefficient (Wildman–Crippen LogP) is 24.8. The van der Waals surface area contributed by atoms with Crippen LogP contribution in [0.5, 0.6) is 34.5 Å². The number of hydrogen-bond acceptors (Lipinski definition) is 15. The monoisotopic (exact) mass is 2220 g/mol. The minimum atomic E-state index is 0. The summed E-state index contributed by atoms with van der Waals surface area (Å²) >= 11 is 0. The average molecular weight is 2220 g/mol. The van der Waals surface area contributed by atoms with Gasteiger partial charge >= 0.3 is 0 Å². The maximum Gasteiger partial charge on any atom is 0.129 e. The number of hydrogen-bond donors (Lipinski definition) is 0. The Bertz CT molecular complexity index is 6760. The van der Waals surface area contributed by atoms with Crippen LogP contribution in [0.1, 0.15) is 25.0 Å². The molecule has 21 heteroatoms. The largest absolute Gasteiger partial charge is 0.509 e. The van der Waals surface area contributed by atoms with Crippen molar-refractivity contribution in [2.24, 2.45) is 15.3 Å². The third-order valence-corrected chi connectivity index (χ3v) is 20.7. The van der Waals surface area contributed by atoms with E-state index in [0.29, 0.717) is 34.5 Å². The molecule has 0 radical (unpaired) electrons. The minimum absolute atomic E-state index is 0. The Kier molecular flexibility index (Phi) is 27.9. The third-order valence-electron chi connectivity index (χ3n) is 20.7. The topological polar surface area (TPSA) is 138 Å². The van der Waals surface area contributed by atoms with Gasteiger partial charge in [-0.2, -0.15) is 67.0 Å². The Morgan fingerprint density at radius 3 is 0.814 bits per heavy atom. The number of para-hydroxylation sites is 3. The first kappa shape index (κ1) is 87.7. The Balaban J connectivity index is 0.000000141. The van der Waals surface area contributed by atoms with Gasteiger partial charge in [0.1, 0.15) is 17.2 Å². The summed E-state index contributed by atoms with van der Waals surface area (Å²) in [6, 6.07) is 147. The zero-order valence-electron chi connectivity index (χ0n) is 69.7. The summed E-state index contributed by atoms with van der Waals surface area (Å²) < 4.78 is 24.2. The maximum atomic E-state index is 6.32. The van der Waals surface area contributed by atoms with Gasteiger partial charge in [0.2, 0.25) is 0 Å². The molecule has 0 fully saturated rings. The SMILES string of the molecule is CC1=NN(c2[c-]c(Oc3[c-]c(-n4cc(-c5ccccc5)c(-c5ccccc5)n4)ccc3)ccc2)[CH-]N1c1ccccc1.CC1=NN(c2[c-]c(Oc3[c-]c(-n4cc(C)c(-c5ccccc5)n4)ccc3)ccc2)[CH-]N1c1ccccc1.[Pt].[Pt].[Pt].[c-]1c(Oc2[c-]c(-n3cc(-c4ccccc4)c(-c4ccccc4)n3)ccc2)cccc1N1[CH-]N(c2ccccc2)C(c2ccccc2)=N1. The van der Waals surface area contributed by atoms with Gasteiger partial charge in [-0.3, -0.25) is 14.0 Å². The molecule has 18 aromatic rings. The van der Waals surface area contributed by atoms with Gasteiger partial charge in [-0.05, 0) is 90.9 Å². The molecule has 0 atom stereocenters. The van der Waals surface area contributed by atoms with E-state index in [-0.39, 0.29) is 63.2 Å². The fraction of sp³-hybridized carbons (Fsp3) is 0.0278. The van der Waals surface area contributed by atoms with Gasteiger partial charge in [-0.15, -0.1) is 129 Å². The zero-order valence-corrected chi connectivity index (χ0v) is 76.5. The summed E-state index contributed by atoms with van der Waals surface area (Å²) in [7, 11) is 0. The molecule has 642 valence electrons. The van der Waals surface area contributed by atoms with Gasteiger partial charge < -0.3 is 43.9 Å². The fourth-order valence-electron chi connectivity index (χ4n) is 14.6. The Morgan fingerprint density at radius 1 is 0.233 bits per heavy atom. The van der Waals surface area contributed by atoms with Crippen molar-refractivity contribution in [1.82, 2.24) is 29.3 Å². The van der Waals surface area contributed by atoms with Crippen LogP contribution in [0.15, 0.2) is 416 Å². The Morgan fingerprint density at radius 2 is 0.481 bits per heavy atom. The molecule has 3 aromatic heterocycles. The molecule has 0 unspecified atom stereocenters. The van der Waals surface area contributed by atoms with Crippen molar-refractivity contribution in [3.63, 3.8) is 0 Å². The fourth-order valence-corrected chi connectivity index (χ4v) is 14.6. The molecular formula is C108H78N15O3Pt3-9. The van der Waals surface area contributed by atoms with E-state index >= 15 is 0 Å². The molecule has 0 amide bonds. The smallest absolute Gasteiger partial charge is 0.129 e. The molecule has 15 aromatic carbocycles. The van der Waals surface area contributed by atoms with Crippen molar-refractivity contribution in [2.45, 2.75) is 20.8 Å². The van der Waals surface area contributed by atoms with E-state index in [2.05, 4.69) is 163 Å². The third kappa shape index (κ3) is 20.5. The number of anilines is 6. The number of amidine groups is 3. The molecule has 0 bridgehead atoms. The number of benzene rings is 15. The van der Waals surface area contributed by atoms with Crippen LogP contribution in [-0.4, -0.2) is 46.8 Å². The number of aromatic nitrogens is 6. The minimum Gasteiger partial charge on any atom is -0.509 e. The quantitative estimate of drug-likeness (QED) is 0.0633. The zero-order chi connectivity index (χ0) is 84.9. The van der Waals surface area contributed by atoms with E-state index in [9.17, 15) is 0 Å². The van der Waals surface area contributed by atoms with Gasteiger partial charge in [-0.1, -0.05) is 254 Å². The van der Waals surface area contributed by atoms with Crippen LogP contribution in [0.2, 0.25) is 0 Å². The van der Waals surface area contributed by atoms with E-state index < -0.39 is 0 Å². The van der Waals surface area contributed by atoms with Crippen LogP contribution in [0.3, 0.4) is 0 Å². The normalized spacial score (nSPS) is 12.5. The van der Waals surface area contributed by atoms with Gasteiger partial charge in [0.25, 0.3) is 0 Å². The first-order valence-electron chi connectivity index (χ1n) is 41.0. The number of nitrogens with zero attached hydrogens (tertiary/aromatic N) is 15. The van der Waals surface area contributed by atoms with Crippen LogP contribution < -0.4 is 43.9 Å². The van der Waals surface area contributed by atoms with Crippen LogP contribution in [0, 0.1) is 63.3 Å². The van der Waals surface area contributed by atoms with E-state index in [1.807, 2.05) is 354 Å². The molecule has 0 spiro atoms. The maximum absolute atomic E-state index is 6.32. The number of hydrazone groups is 3. The van der Waals surface area contributed by atoms with Crippen LogP contribution >= 0.6 is 0 Å². The summed E-state index contributed by atoms with van der Waals surface area (Å²) in [4.78, 5) is 6.15. The molecule has 0 saturated heterocycles.